The summed E-state index contributed by atoms with van der Waals surface area (Å²) in [6.07, 6.45) is -0.0882. The molecule has 0 N–H and O–H groups in total. The van der Waals surface area contributed by atoms with Crippen molar-refractivity contribution in [3.63, 3.8) is 0 Å². The number of ether oxygens (including phenoxy) is 6. The molecule has 0 aromatic heterocycles. The normalized spacial score (nSPS) is 14.8. The first-order valence-electron chi connectivity index (χ1n) is 9.09. The van der Waals surface area contributed by atoms with Gasteiger partial charge in [-0.15, -0.1) is 0 Å². The lowest BCUT2D eigenvalue weighted by molar-refractivity contribution is -0.142. The molecule has 2 aliphatic heterocycles. The predicted molar refractivity (Wildman–Crippen MR) is 100 cm³/mol. The number of methoxy groups -OCH3 is 2. The molecule has 2 heterocycles. The Kier molecular flexibility index (Phi) is 5.16. The lowest BCUT2D eigenvalue weighted by atomic mass is 9.91. The van der Waals surface area contributed by atoms with Crippen molar-refractivity contribution < 1.29 is 38.0 Å². The molecule has 8 heteroatoms. The summed E-state index contributed by atoms with van der Waals surface area (Å²) in [6, 6.07) is 8.31. The SMILES string of the molecule is COC(=O)C(CC(=O)c1ccc2c(c1)OCCO2)c1cc(OC)c2c(c1)OCO2. The van der Waals surface area contributed by atoms with Crippen molar-refractivity contribution in [2.75, 3.05) is 34.2 Å². The molecule has 0 bridgehead atoms. The molecule has 0 radical (unpaired) electrons. The van der Waals surface area contributed by atoms with E-state index >= 15 is 0 Å². The number of fused-ring (bicyclic) bond motifs is 2. The van der Waals surface area contributed by atoms with Gasteiger partial charge < -0.3 is 28.4 Å². The van der Waals surface area contributed by atoms with Crippen molar-refractivity contribution in [2.45, 2.75) is 12.3 Å². The highest BCUT2D eigenvalue weighted by Gasteiger charge is 2.30. The Morgan fingerprint density at radius 1 is 0.966 bits per heavy atom. The van der Waals surface area contributed by atoms with Crippen LogP contribution in [0.3, 0.4) is 0 Å². The second kappa shape index (κ2) is 7.90. The molecular weight excluding hydrogens is 380 g/mol. The Hall–Kier alpha value is -3.42. The van der Waals surface area contributed by atoms with Crippen LogP contribution in [0, 0.1) is 0 Å². The summed E-state index contributed by atoms with van der Waals surface area (Å²) < 4.78 is 32.1. The molecule has 29 heavy (non-hydrogen) atoms. The van der Waals surface area contributed by atoms with E-state index < -0.39 is 11.9 Å². The van der Waals surface area contributed by atoms with Gasteiger partial charge in [0.15, 0.2) is 28.8 Å². The largest absolute Gasteiger partial charge is 0.493 e. The van der Waals surface area contributed by atoms with E-state index in [0.29, 0.717) is 53.1 Å². The highest BCUT2D eigenvalue weighted by molar-refractivity contribution is 6.00. The Labute approximate surface area is 167 Å². The quantitative estimate of drug-likeness (QED) is 0.540. The number of hydrogen-bond donors (Lipinski definition) is 0. The lowest BCUT2D eigenvalue weighted by Crippen LogP contribution is -2.19. The molecule has 1 atom stereocenters. The number of Topliss-reactive ketones (excluding diaryl/α,β-unsaturated/α-hetero) is 1. The van der Waals surface area contributed by atoms with Crippen LogP contribution in [-0.2, 0) is 9.53 Å². The van der Waals surface area contributed by atoms with Gasteiger partial charge in [0.1, 0.15) is 13.2 Å². The molecule has 0 spiro atoms. The molecule has 152 valence electrons. The van der Waals surface area contributed by atoms with Crippen molar-refractivity contribution in [2.24, 2.45) is 0 Å². The second-order valence-corrected chi connectivity index (χ2v) is 6.52. The number of esters is 1. The van der Waals surface area contributed by atoms with Gasteiger partial charge in [0.05, 0.1) is 20.1 Å². The predicted octanol–water partition coefficient (Wildman–Crippen LogP) is 2.72. The summed E-state index contributed by atoms with van der Waals surface area (Å²) in [5.74, 6) is 0.878. The number of carbonyl (C=O) groups is 2. The fraction of sp³-hybridized carbons (Fsp3) is 0.333. The molecule has 2 aliphatic rings. The number of rotatable bonds is 6. The van der Waals surface area contributed by atoms with Crippen molar-refractivity contribution >= 4 is 11.8 Å². The number of ketones is 1. The monoisotopic (exact) mass is 400 g/mol. The van der Waals surface area contributed by atoms with Gasteiger partial charge in [-0.3, -0.25) is 9.59 Å². The van der Waals surface area contributed by atoms with E-state index in [9.17, 15) is 9.59 Å². The summed E-state index contributed by atoms with van der Waals surface area (Å²) in [7, 11) is 2.78. The number of carbonyl (C=O) groups excluding carboxylic acids is 2. The maximum atomic E-state index is 12.9. The summed E-state index contributed by atoms with van der Waals surface area (Å²) in [5, 5.41) is 0. The fourth-order valence-corrected chi connectivity index (χ4v) is 3.35. The van der Waals surface area contributed by atoms with Crippen LogP contribution >= 0.6 is 0 Å². The molecule has 4 rings (SSSR count). The molecule has 0 fully saturated rings. The summed E-state index contributed by atoms with van der Waals surface area (Å²) in [6.45, 7) is 0.956. The van der Waals surface area contributed by atoms with Crippen molar-refractivity contribution in [3.8, 4) is 28.7 Å². The van der Waals surface area contributed by atoms with Crippen LogP contribution in [0.2, 0.25) is 0 Å². The molecule has 2 aromatic rings. The summed E-state index contributed by atoms with van der Waals surface area (Å²) >= 11 is 0. The minimum Gasteiger partial charge on any atom is -0.493 e. The first kappa shape index (κ1) is 18.9. The maximum Gasteiger partial charge on any atom is 0.313 e. The minimum absolute atomic E-state index is 0.0637. The van der Waals surface area contributed by atoms with E-state index in [1.165, 1.54) is 14.2 Å². The van der Waals surface area contributed by atoms with Gasteiger partial charge in [0.25, 0.3) is 0 Å². The smallest absolute Gasteiger partial charge is 0.313 e. The van der Waals surface area contributed by atoms with Gasteiger partial charge >= 0.3 is 5.97 Å². The molecular formula is C21H20O8. The first-order chi connectivity index (χ1) is 14.1. The van der Waals surface area contributed by atoms with Crippen LogP contribution in [0.4, 0.5) is 0 Å². The van der Waals surface area contributed by atoms with E-state index in [2.05, 4.69) is 0 Å². The molecule has 0 amide bonds. The fourth-order valence-electron chi connectivity index (χ4n) is 3.35. The van der Waals surface area contributed by atoms with Crippen LogP contribution in [0.5, 0.6) is 28.7 Å². The third kappa shape index (κ3) is 3.65. The van der Waals surface area contributed by atoms with E-state index in [4.69, 9.17) is 28.4 Å². The van der Waals surface area contributed by atoms with Crippen LogP contribution < -0.4 is 23.7 Å². The Morgan fingerprint density at radius 3 is 2.52 bits per heavy atom. The van der Waals surface area contributed by atoms with Crippen molar-refractivity contribution in [1.29, 1.82) is 0 Å². The van der Waals surface area contributed by atoms with E-state index in [1.54, 1.807) is 30.3 Å². The van der Waals surface area contributed by atoms with Crippen LogP contribution in [0.15, 0.2) is 30.3 Å². The Morgan fingerprint density at radius 2 is 1.76 bits per heavy atom. The van der Waals surface area contributed by atoms with Gasteiger partial charge in [-0.05, 0) is 35.9 Å². The third-order valence-electron chi connectivity index (χ3n) is 4.82. The standard InChI is InChI=1S/C21H20O8/c1-24-18-8-13(9-19-20(18)29-11-28-19)14(21(23)25-2)10-15(22)12-3-4-16-17(7-12)27-6-5-26-16/h3-4,7-9,14H,5-6,10-11H2,1-2H3. The van der Waals surface area contributed by atoms with Crippen LogP contribution in [-0.4, -0.2) is 46.0 Å². The summed E-state index contributed by atoms with van der Waals surface area (Å²) in [4.78, 5) is 25.4. The molecule has 2 aromatic carbocycles. The van der Waals surface area contributed by atoms with E-state index in [1.807, 2.05) is 0 Å². The molecule has 8 nitrogen and oxygen atoms in total. The zero-order chi connectivity index (χ0) is 20.4. The second-order valence-electron chi connectivity index (χ2n) is 6.52. The van der Waals surface area contributed by atoms with E-state index in [-0.39, 0.29) is 19.0 Å². The molecule has 0 saturated heterocycles. The van der Waals surface area contributed by atoms with Crippen molar-refractivity contribution in [1.82, 2.24) is 0 Å². The zero-order valence-electron chi connectivity index (χ0n) is 16.1. The van der Waals surface area contributed by atoms with Gasteiger partial charge in [0, 0.05) is 12.0 Å². The van der Waals surface area contributed by atoms with Gasteiger partial charge in [-0.1, -0.05) is 0 Å². The van der Waals surface area contributed by atoms with Crippen LogP contribution in [0.25, 0.3) is 0 Å². The van der Waals surface area contributed by atoms with Crippen LogP contribution in [0.1, 0.15) is 28.3 Å². The highest BCUT2D eigenvalue weighted by Crippen LogP contribution is 2.44. The third-order valence-corrected chi connectivity index (χ3v) is 4.82. The Balaban J connectivity index is 1.63. The summed E-state index contributed by atoms with van der Waals surface area (Å²) in [5.41, 5.74) is 0.972. The van der Waals surface area contributed by atoms with Gasteiger partial charge in [-0.2, -0.15) is 0 Å². The maximum absolute atomic E-state index is 12.9. The van der Waals surface area contributed by atoms with E-state index in [0.717, 1.165) is 0 Å². The van der Waals surface area contributed by atoms with Crippen molar-refractivity contribution in [3.05, 3.63) is 41.5 Å². The minimum atomic E-state index is -0.830. The molecule has 1 unspecified atom stereocenters. The van der Waals surface area contributed by atoms with Gasteiger partial charge in [-0.25, -0.2) is 0 Å². The average Bonchev–Trinajstić information content (AvgIpc) is 3.24. The highest BCUT2D eigenvalue weighted by atomic mass is 16.7. The number of benzene rings is 2. The first-order valence-corrected chi connectivity index (χ1v) is 9.09. The lowest BCUT2D eigenvalue weighted by Gasteiger charge is -2.19. The number of hydrogen-bond acceptors (Lipinski definition) is 8. The molecule has 0 saturated carbocycles. The van der Waals surface area contributed by atoms with Gasteiger partial charge in [0.2, 0.25) is 12.5 Å². The topological polar surface area (TPSA) is 89.5 Å². The average molecular weight is 400 g/mol. The molecule has 0 aliphatic carbocycles. The zero-order valence-corrected chi connectivity index (χ0v) is 16.1. The Bertz CT molecular complexity index is 952.